The van der Waals surface area contributed by atoms with Crippen LogP contribution < -0.4 is 10.9 Å². The van der Waals surface area contributed by atoms with Gasteiger partial charge in [-0.05, 0) is 54.5 Å². The molecule has 2 N–H and O–H groups in total. The monoisotopic (exact) mass is 495 g/mol. The van der Waals surface area contributed by atoms with Gasteiger partial charge in [0.15, 0.2) is 0 Å². The predicted molar refractivity (Wildman–Crippen MR) is 145 cm³/mol. The largest absolute Gasteiger partial charge is 0.394 e. The molecular weight excluding hydrogens is 462 g/mol. The Morgan fingerprint density at radius 2 is 1.65 bits per heavy atom. The van der Waals surface area contributed by atoms with Gasteiger partial charge in [0, 0.05) is 0 Å². The van der Waals surface area contributed by atoms with Crippen LogP contribution in [0.25, 0.3) is 10.9 Å². The molecule has 4 aromatic rings. The van der Waals surface area contributed by atoms with Gasteiger partial charge in [0.05, 0.1) is 36.0 Å². The van der Waals surface area contributed by atoms with Crippen LogP contribution in [0.1, 0.15) is 60.2 Å². The number of nitrogens with one attached hydrogen (secondary N) is 1. The van der Waals surface area contributed by atoms with Crippen LogP contribution in [0.5, 0.6) is 0 Å². The highest BCUT2D eigenvalue weighted by atomic mass is 16.3. The molecule has 0 spiro atoms. The highest BCUT2D eigenvalue weighted by Gasteiger charge is 2.33. The summed E-state index contributed by atoms with van der Waals surface area (Å²) in [6.45, 7) is 2.12. The van der Waals surface area contributed by atoms with Crippen LogP contribution in [0.15, 0.2) is 83.7 Å². The Hall–Kier alpha value is -3.77. The molecule has 6 heteroatoms. The summed E-state index contributed by atoms with van der Waals surface area (Å²) in [5.74, 6) is 0.622. The smallest absolute Gasteiger partial charge is 0.261 e. The molecule has 1 fully saturated rings. The number of hydrogen-bond acceptors (Lipinski definition) is 4. The number of carbonyl (C=O) groups is 1. The summed E-state index contributed by atoms with van der Waals surface area (Å²) in [5, 5.41) is 13.7. The number of amides is 1. The molecule has 1 saturated carbocycles. The number of rotatable bonds is 8. The number of aliphatic hydroxyl groups excluding tert-OH is 1. The first-order chi connectivity index (χ1) is 18.0. The molecule has 0 saturated heterocycles. The Morgan fingerprint density at radius 1 is 0.973 bits per heavy atom. The summed E-state index contributed by atoms with van der Waals surface area (Å²) >= 11 is 0. The van der Waals surface area contributed by atoms with E-state index in [0.29, 0.717) is 23.3 Å². The summed E-state index contributed by atoms with van der Waals surface area (Å²) in [4.78, 5) is 31.3. The van der Waals surface area contributed by atoms with Gasteiger partial charge in [0.25, 0.3) is 5.56 Å². The number of benzene rings is 3. The molecule has 0 radical (unpaired) electrons. The standard InChI is InChI=1S/C31H33N3O3/c1-21-32-27-14-8-7-13-26(27)31(37)34(21)19-22-15-17-25(18-16-22)29(24-11-5-6-12-24)30(36)33-28(20-35)23-9-3-2-4-10-23/h2-4,7-10,13-18,24,28-29,35H,5-6,11-12,19-20H2,1H3,(H,33,36). The molecule has 5 rings (SSSR count). The number of para-hydroxylation sites is 1. The Bertz CT molecular complexity index is 1420. The maximum atomic E-state index is 13.6. The SMILES string of the molecule is Cc1nc2ccccc2c(=O)n1Cc1ccc(C(C(=O)NC(CO)c2ccccc2)C2CCCC2)cc1. The molecule has 1 heterocycles. The highest BCUT2D eigenvalue weighted by molar-refractivity contribution is 5.84. The van der Waals surface area contributed by atoms with Crippen molar-refractivity contribution in [2.45, 2.75) is 51.1 Å². The zero-order valence-electron chi connectivity index (χ0n) is 21.1. The van der Waals surface area contributed by atoms with Crippen LogP contribution in [-0.2, 0) is 11.3 Å². The molecule has 0 aliphatic heterocycles. The topological polar surface area (TPSA) is 84.2 Å². The first-order valence-electron chi connectivity index (χ1n) is 13.1. The molecule has 1 aliphatic rings. The van der Waals surface area contributed by atoms with Gasteiger partial charge in [-0.3, -0.25) is 14.2 Å². The van der Waals surface area contributed by atoms with Crippen molar-refractivity contribution < 1.29 is 9.90 Å². The van der Waals surface area contributed by atoms with Crippen molar-refractivity contribution in [3.8, 4) is 0 Å². The highest BCUT2D eigenvalue weighted by Crippen LogP contribution is 2.38. The van der Waals surface area contributed by atoms with E-state index in [2.05, 4.69) is 10.3 Å². The van der Waals surface area contributed by atoms with Crippen molar-refractivity contribution in [3.05, 3.63) is 112 Å². The van der Waals surface area contributed by atoms with E-state index in [-0.39, 0.29) is 29.9 Å². The van der Waals surface area contributed by atoms with Gasteiger partial charge in [0.1, 0.15) is 5.82 Å². The number of carbonyl (C=O) groups excluding carboxylic acids is 1. The molecular formula is C31H33N3O3. The summed E-state index contributed by atoms with van der Waals surface area (Å²) in [6, 6.07) is 24.6. The first kappa shape index (κ1) is 24.9. The van der Waals surface area contributed by atoms with E-state index in [1.807, 2.05) is 85.8 Å². The maximum absolute atomic E-state index is 13.6. The quantitative estimate of drug-likeness (QED) is 0.365. The molecule has 1 aromatic heterocycles. The average Bonchev–Trinajstić information content (AvgIpc) is 3.45. The molecule has 2 unspecified atom stereocenters. The van der Waals surface area contributed by atoms with Crippen LogP contribution in [-0.4, -0.2) is 27.2 Å². The minimum Gasteiger partial charge on any atom is -0.394 e. The normalized spacial score (nSPS) is 15.5. The van der Waals surface area contributed by atoms with Crippen molar-refractivity contribution in [1.82, 2.24) is 14.9 Å². The van der Waals surface area contributed by atoms with E-state index in [0.717, 1.165) is 42.4 Å². The minimum atomic E-state index is -0.438. The average molecular weight is 496 g/mol. The molecule has 190 valence electrons. The Balaban J connectivity index is 1.39. The van der Waals surface area contributed by atoms with Gasteiger partial charge in [-0.2, -0.15) is 0 Å². The summed E-state index contributed by atoms with van der Waals surface area (Å²) < 4.78 is 1.70. The lowest BCUT2D eigenvalue weighted by Gasteiger charge is -2.26. The fourth-order valence-corrected chi connectivity index (χ4v) is 5.59. The van der Waals surface area contributed by atoms with Gasteiger partial charge >= 0.3 is 0 Å². The van der Waals surface area contributed by atoms with Gasteiger partial charge in [-0.25, -0.2) is 4.98 Å². The summed E-state index contributed by atoms with van der Waals surface area (Å²) in [6.07, 6.45) is 4.30. The van der Waals surface area contributed by atoms with Gasteiger partial charge in [-0.15, -0.1) is 0 Å². The number of aliphatic hydroxyl groups is 1. The Morgan fingerprint density at radius 3 is 2.35 bits per heavy atom. The van der Waals surface area contributed by atoms with E-state index in [9.17, 15) is 14.7 Å². The van der Waals surface area contributed by atoms with E-state index in [1.165, 1.54) is 0 Å². The number of aryl methyl sites for hydroxylation is 1. The molecule has 3 aromatic carbocycles. The second-order valence-electron chi connectivity index (χ2n) is 9.99. The zero-order chi connectivity index (χ0) is 25.8. The van der Waals surface area contributed by atoms with Crippen molar-refractivity contribution >= 4 is 16.8 Å². The zero-order valence-corrected chi connectivity index (χ0v) is 21.1. The second kappa shape index (κ2) is 11.1. The second-order valence-corrected chi connectivity index (χ2v) is 9.99. The molecule has 1 amide bonds. The molecule has 37 heavy (non-hydrogen) atoms. The van der Waals surface area contributed by atoms with Gasteiger partial charge in [-0.1, -0.05) is 79.6 Å². The van der Waals surface area contributed by atoms with E-state index in [4.69, 9.17) is 0 Å². The van der Waals surface area contributed by atoms with E-state index < -0.39 is 6.04 Å². The minimum absolute atomic E-state index is 0.0478. The van der Waals surface area contributed by atoms with Crippen molar-refractivity contribution in [2.24, 2.45) is 5.92 Å². The van der Waals surface area contributed by atoms with Gasteiger partial charge < -0.3 is 10.4 Å². The summed E-state index contributed by atoms with van der Waals surface area (Å²) in [5.41, 5.74) is 3.50. The fourth-order valence-electron chi connectivity index (χ4n) is 5.59. The summed E-state index contributed by atoms with van der Waals surface area (Å²) in [7, 11) is 0. The van der Waals surface area contributed by atoms with E-state index >= 15 is 0 Å². The lowest BCUT2D eigenvalue weighted by Crippen LogP contribution is -2.37. The Labute approximate surface area is 217 Å². The predicted octanol–water partition coefficient (Wildman–Crippen LogP) is 4.88. The third-order valence-corrected chi connectivity index (χ3v) is 7.59. The van der Waals surface area contributed by atoms with Crippen LogP contribution in [0.3, 0.4) is 0 Å². The van der Waals surface area contributed by atoms with Crippen molar-refractivity contribution in [2.75, 3.05) is 6.61 Å². The van der Waals surface area contributed by atoms with Crippen LogP contribution in [0, 0.1) is 12.8 Å². The van der Waals surface area contributed by atoms with Crippen molar-refractivity contribution in [3.63, 3.8) is 0 Å². The maximum Gasteiger partial charge on any atom is 0.261 e. The molecule has 0 bridgehead atoms. The number of hydrogen-bond donors (Lipinski definition) is 2. The third-order valence-electron chi connectivity index (χ3n) is 7.59. The van der Waals surface area contributed by atoms with Crippen molar-refractivity contribution in [1.29, 1.82) is 0 Å². The van der Waals surface area contributed by atoms with Crippen LogP contribution in [0.2, 0.25) is 0 Å². The van der Waals surface area contributed by atoms with Crippen LogP contribution >= 0.6 is 0 Å². The molecule has 2 atom stereocenters. The number of fused-ring (bicyclic) bond motifs is 1. The first-order valence-corrected chi connectivity index (χ1v) is 13.1. The lowest BCUT2D eigenvalue weighted by atomic mass is 9.83. The van der Waals surface area contributed by atoms with Gasteiger partial charge in [0.2, 0.25) is 5.91 Å². The third kappa shape index (κ3) is 5.35. The number of nitrogens with zero attached hydrogens (tertiary/aromatic N) is 2. The van der Waals surface area contributed by atoms with E-state index in [1.54, 1.807) is 4.57 Å². The fraction of sp³-hybridized carbons (Fsp3) is 0.323. The lowest BCUT2D eigenvalue weighted by molar-refractivity contribution is -0.124. The van der Waals surface area contributed by atoms with Crippen LogP contribution in [0.4, 0.5) is 0 Å². The number of aromatic nitrogens is 2. The Kier molecular flexibility index (Phi) is 7.47. The molecule has 1 aliphatic carbocycles. The molecule has 6 nitrogen and oxygen atoms in total.